The van der Waals surface area contributed by atoms with Gasteiger partial charge < -0.3 is 9.73 Å². The van der Waals surface area contributed by atoms with Gasteiger partial charge in [-0.25, -0.2) is 9.98 Å². The first-order valence-electron chi connectivity index (χ1n) is 16.6. The Balaban J connectivity index is 1.15. The van der Waals surface area contributed by atoms with Gasteiger partial charge in [-0.15, -0.1) is 0 Å². The Morgan fingerprint density at radius 2 is 1.16 bits per heavy atom. The highest BCUT2D eigenvalue weighted by Crippen LogP contribution is 2.41. The third-order valence-corrected chi connectivity index (χ3v) is 9.71. The second-order valence-corrected chi connectivity index (χ2v) is 12.6. The smallest absolute Gasteiger partial charge is 0.159 e. The van der Waals surface area contributed by atoms with Crippen molar-refractivity contribution in [2.75, 3.05) is 0 Å². The number of fused-ring (bicyclic) bond motifs is 7. The summed E-state index contributed by atoms with van der Waals surface area (Å²) >= 11 is 0. The van der Waals surface area contributed by atoms with Crippen LogP contribution in [0, 0.1) is 0 Å². The first-order chi connectivity index (χ1) is 24.3. The molecule has 1 unspecified atom stereocenters. The van der Waals surface area contributed by atoms with E-state index in [0.717, 1.165) is 55.6 Å². The number of hydrogen-bond acceptors (Lipinski definition) is 4. The number of amidine groups is 2. The van der Waals surface area contributed by atoms with Gasteiger partial charge in [0, 0.05) is 33.0 Å². The summed E-state index contributed by atoms with van der Waals surface area (Å²) < 4.78 is 6.68. The Labute approximate surface area is 282 Å². The molecule has 2 heterocycles. The number of aliphatic imine (C=N–C) groups is 2. The minimum atomic E-state index is -0.399. The van der Waals surface area contributed by atoms with Gasteiger partial charge in [0.1, 0.15) is 23.2 Å². The number of benzene rings is 8. The minimum absolute atomic E-state index is 0.399. The average Bonchev–Trinajstić information content (AvgIpc) is 3.57. The van der Waals surface area contributed by atoms with Crippen LogP contribution in [0.1, 0.15) is 22.9 Å². The standard InChI is InChI=1S/C45H29N3O/c1-2-12-30(13-3-1)43-46-44(34-22-23-36-32(27-34)21-19-29-11-6-7-15-35(29)36)48-45(47-43)39-25-24-37(33-20-18-28-10-4-5-14-31(28)26-33)42-41(39)38-16-8-9-17-40(38)49-42/h1-27,45H,(H,46,47,48). The molecule has 230 valence electrons. The summed E-state index contributed by atoms with van der Waals surface area (Å²) in [6.45, 7) is 0. The lowest BCUT2D eigenvalue weighted by Crippen LogP contribution is -2.33. The third-order valence-electron chi connectivity index (χ3n) is 9.71. The summed E-state index contributed by atoms with van der Waals surface area (Å²) in [4.78, 5) is 10.4. The molecule has 4 heteroatoms. The maximum absolute atomic E-state index is 6.68. The molecule has 1 atom stereocenters. The van der Waals surface area contributed by atoms with Crippen LogP contribution >= 0.6 is 0 Å². The Morgan fingerprint density at radius 1 is 0.490 bits per heavy atom. The fraction of sp³-hybridized carbons (Fsp3) is 0.0222. The van der Waals surface area contributed by atoms with Gasteiger partial charge in [0.2, 0.25) is 0 Å². The zero-order valence-corrected chi connectivity index (χ0v) is 26.5. The molecule has 0 aliphatic carbocycles. The SMILES string of the molecule is c1ccc(C2=NC(c3ccc(-c4ccc5ccccc5c4)c4oc5ccccc5c34)NC(c3ccc4c(ccc5ccccc54)c3)=N2)cc1. The lowest BCUT2D eigenvalue weighted by atomic mass is 9.95. The van der Waals surface area contributed by atoms with E-state index in [0.29, 0.717) is 5.84 Å². The van der Waals surface area contributed by atoms with E-state index in [1.165, 1.54) is 32.3 Å². The van der Waals surface area contributed by atoms with Crippen LogP contribution in [0.15, 0.2) is 178 Å². The van der Waals surface area contributed by atoms with Crippen molar-refractivity contribution in [1.29, 1.82) is 0 Å². The molecule has 0 saturated heterocycles. The first kappa shape index (κ1) is 27.6. The monoisotopic (exact) mass is 627 g/mol. The lowest BCUT2D eigenvalue weighted by molar-refractivity contribution is 0.663. The molecule has 8 aromatic carbocycles. The number of furan rings is 1. The number of rotatable bonds is 4. The predicted octanol–water partition coefficient (Wildman–Crippen LogP) is 11.2. The normalized spacial score (nSPS) is 14.7. The van der Waals surface area contributed by atoms with Gasteiger partial charge >= 0.3 is 0 Å². The quantitative estimate of drug-likeness (QED) is 0.197. The summed E-state index contributed by atoms with van der Waals surface area (Å²) in [6.07, 6.45) is -0.399. The molecular weight excluding hydrogens is 599 g/mol. The molecule has 1 N–H and O–H groups in total. The third kappa shape index (κ3) is 4.61. The van der Waals surface area contributed by atoms with Crippen LogP contribution in [0.3, 0.4) is 0 Å². The van der Waals surface area contributed by atoms with Crippen molar-refractivity contribution in [2.24, 2.45) is 9.98 Å². The van der Waals surface area contributed by atoms with E-state index < -0.39 is 6.17 Å². The van der Waals surface area contributed by atoms with Crippen LogP contribution < -0.4 is 5.32 Å². The summed E-state index contributed by atoms with van der Waals surface area (Å²) in [5.41, 5.74) is 6.90. The number of nitrogens with zero attached hydrogens (tertiary/aromatic N) is 2. The van der Waals surface area contributed by atoms with Gasteiger partial charge in [0.25, 0.3) is 0 Å². The summed E-state index contributed by atoms with van der Waals surface area (Å²) in [5, 5.41) is 13.1. The van der Waals surface area contributed by atoms with E-state index in [1.54, 1.807) is 0 Å². The van der Waals surface area contributed by atoms with Gasteiger partial charge in [-0.1, -0.05) is 146 Å². The average molecular weight is 628 g/mol. The molecule has 49 heavy (non-hydrogen) atoms. The van der Waals surface area contributed by atoms with E-state index in [4.69, 9.17) is 14.4 Å². The van der Waals surface area contributed by atoms with Crippen LogP contribution in [0.4, 0.5) is 0 Å². The molecule has 9 aromatic rings. The van der Waals surface area contributed by atoms with Crippen molar-refractivity contribution < 1.29 is 4.42 Å². The number of hydrogen-bond donors (Lipinski definition) is 1. The summed E-state index contributed by atoms with van der Waals surface area (Å²) in [6, 6.07) is 57.5. The van der Waals surface area contributed by atoms with E-state index >= 15 is 0 Å². The van der Waals surface area contributed by atoms with Crippen LogP contribution in [-0.2, 0) is 0 Å². The van der Waals surface area contributed by atoms with Crippen LogP contribution in [0.5, 0.6) is 0 Å². The lowest BCUT2D eigenvalue weighted by Gasteiger charge is -2.25. The summed E-state index contributed by atoms with van der Waals surface area (Å²) in [5.74, 6) is 1.48. The van der Waals surface area contributed by atoms with Gasteiger partial charge in [0.15, 0.2) is 5.84 Å². The van der Waals surface area contributed by atoms with E-state index in [-0.39, 0.29) is 0 Å². The van der Waals surface area contributed by atoms with Crippen molar-refractivity contribution in [1.82, 2.24) is 5.32 Å². The molecule has 1 aromatic heterocycles. The zero-order valence-electron chi connectivity index (χ0n) is 26.5. The van der Waals surface area contributed by atoms with Crippen LogP contribution in [0.2, 0.25) is 0 Å². The van der Waals surface area contributed by atoms with Crippen LogP contribution in [-0.4, -0.2) is 11.7 Å². The highest BCUT2D eigenvalue weighted by Gasteiger charge is 2.26. The zero-order chi connectivity index (χ0) is 32.3. The Morgan fingerprint density at radius 3 is 2.06 bits per heavy atom. The molecule has 10 rings (SSSR count). The van der Waals surface area contributed by atoms with Crippen molar-refractivity contribution in [3.05, 3.63) is 180 Å². The molecule has 0 radical (unpaired) electrons. The Kier molecular flexibility index (Phi) is 6.21. The molecule has 0 spiro atoms. The minimum Gasteiger partial charge on any atom is -0.455 e. The van der Waals surface area contributed by atoms with Gasteiger partial charge in [-0.2, -0.15) is 0 Å². The molecule has 1 aliphatic rings. The fourth-order valence-electron chi connectivity index (χ4n) is 7.30. The summed E-state index contributed by atoms with van der Waals surface area (Å²) in [7, 11) is 0. The Hall–Kier alpha value is -6.52. The van der Waals surface area contributed by atoms with Crippen molar-refractivity contribution in [3.63, 3.8) is 0 Å². The molecule has 0 bridgehead atoms. The van der Waals surface area contributed by atoms with Gasteiger partial charge in [-0.05, 0) is 56.1 Å². The molecule has 0 amide bonds. The highest BCUT2D eigenvalue weighted by atomic mass is 16.3. The topological polar surface area (TPSA) is 49.9 Å². The van der Waals surface area contributed by atoms with Crippen molar-refractivity contribution in [2.45, 2.75) is 6.17 Å². The first-order valence-corrected chi connectivity index (χ1v) is 16.6. The second-order valence-electron chi connectivity index (χ2n) is 12.6. The molecule has 0 fully saturated rings. The number of nitrogens with one attached hydrogen (secondary N) is 1. The predicted molar refractivity (Wildman–Crippen MR) is 204 cm³/mol. The fourth-order valence-corrected chi connectivity index (χ4v) is 7.30. The maximum Gasteiger partial charge on any atom is 0.159 e. The van der Waals surface area contributed by atoms with Crippen molar-refractivity contribution >= 4 is 65.9 Å². The number of para-hydroxylation sites is 1. The molecule has 4 nitrogen and oxygen atoms in total. The van der Waals surface area contributed by atoms with Gasteiger partial charge in [0.05, 0.1) is 0 Å². The van der Waals surface area contributed by atoms with Crippen LogP contribution in [0.25, 0.3) is 65.4 Å². The molecular formula is C45H29N3O. The van der Waals surface area contributed by atoms with Crippen molar-refractivity contribution in [3.8, 4) is 11.1 Å². The maximum atomic E-state index is 6.68. The van der Waals surface area contributed by atoms with E-state index in [9.17, 15) is 0 Å². The van der Waals surface area contributed by atoms with Gasteiger partial charge in [-0.3, -0.25) is 0 Å². The second kappa shape index (κ2) is 11.0. The molecule has 0 saturated carbocycles. The van der Waals surface area contributed by atoms with E-state index in [1.807, 2.05) is 30.3 Å². The Bertz CT molecular complexity index is 2810. The highest BCUT2D eigenvalue weighted by molar-refractivity contribution is 6.17. The largest absolute Gasteiger partial charge is 0.455 e. The molecule has 1 aliphatic heterocycles. The van der Waals surface area contributed by atoms with E-state index in [2.05, 4.69) is 139 Å².